The highest BCUT2D eigenvalue weighted by Gasteiger charge is 2.51. The molecule has 0 radical (unpaired) electrons. The first-order chi connectivity index (χ1) is 7.83. The number of carboxylic acid groups (broad SMARTS) is 2. The Bertz CT molecular complexity index is 276. The Morgan fingerprint density at radius 3 is 1.88 bits per heavy atom. The zero-order chi connectivity index (χ0) is 13.6. The van der Waals surface area contributed by atoms with Crippen molar-refractivity contribution in [2.45, 2.75) is 31.9 Å². The molecule has 0 aliphatic heterocycles. The summed E-state index contributed by atoms with van der Waals surface area (Å²) < 4.78 is 10.3. The quantitative estimate of drug-likeness (QED) is 0.642. The van der Waals surface area contributed by atoms with E-state index in [0.717, 1.165) is 0 Å². The van der Waals surface area contributed by atoms with Crippen LogP contribution in [-0.2, 0) is 18.4 Å². The van der Waals surface area contributed by atoms with Gasteiger partial charge in [0.2, 0.25) is 0 Å². The van der Waals surface area contributed by atoms with Crippen LogP contribution in [0.1, 0.15) is 19.8 Å². The molecule has 100 valence electrons. The molecule has 0 fully saturated rings. The predicted molar refractivity (Wildman–Crippen MR) is 63.1 cm³/mol. The second kappa shape index (κ2) is 6.73. The maximum absolute atomic E-state index is 11.3. The molecule has 2 unspecified atom stereocenters. The van der Waals surface area contributed by atoms with E-state index in [9.17, 15) is 14.7 Å². The Morgan fingerprint density at radius 2 is 1.65 bits per heavy atom. The molecule has 0 saturated heterocycles. The van der Waals surface area contributed by atoms with Crippen molar-refractivity contribution < 1.29 is 28.7 Å². The lowest BCUT2D eigenvalue weighted by atomic mass is 9.99. The average Bonchev–Trinajstić information content (AvgIpc) is 2.27. The van der Waals surface area contributed by atoms with E-state index in [2.05, 4.69) is 0 Å². The molecule has 0 aliphatic carbocycles. The van der Waals surface area contributed by atoms with Gasteiger partial charge >= 0.3 is 20.5 Å². The number of hydrogen-bond acceptors (Lipinski definition) is 4. The standard InChI is InChI=1S/C10H20O6Si/c1-5-6-7(9(11)12)8(10(13)14)17(4,15-2)16-3/h7-8H,5-6H2,1-4H3,(H,11,12)(H,13,14). The Labute approximate surface area is 102 Å². The fourth-order valence-corrected chi connectivity index (χ4v) is 4.01. The van der Waals surface area contributed by atoms with Crippen molar-refractivity contribution in [2.75, 3.05) is 14.2 Å². The third kappa shape index (κ3) is 3.79. The van der Waals surface area contributed by atoms with E-state index in [4.69, 9.17) is 14.0 Å². The van der Waals surface area contributed by atoms with Gasteiger partial charge in [0.25, 0.3) is 0 Å². The minimum absolute atomic E-state index is 0.293. The van der Waals surface area contributed by atoms with Crippen LogP contribution in [0, 0.1) is 5.92 Å². The fourth-order valence-electron chi connectivity index (χ4n) is 1.84. The molecule has 0 saturated carbocycles. The molecule has 2 atom stereocenters. The Morgan fingerprint density at radius 1 is 1.18 bits per heavy atom. The molecule has 0 rings (SSSR count). The molecule has 0 aromatic heterocycles. The third-order valence-electron chi connectivity index (χ3n) is 2.96. The molecule has 0 spiro atoms. The molecule has 0 amide bonds. The van der Waals surface area contributed by atoms with Crippen LogP contribution in [0.25, 0.3) is 0 Å². The van der Waals surface area contributed by atoms with Crippen molar-refractivity contribution in [2.24, 2.45) is 5.92 Å². The Balaban J connectivity index is 5.31. The number of aliphatic carboxylic acids is 2. The van der Waals surface area contributed by atoms with Crippen LogP contribution in [0.15, 0.2) is 0 Å². The molecule has 0 aromatic carbocycles. The van der Waals surface area contributed by atoms with Gasteiger partial charge in [-0.15, -0.1) is 0 Å². The number of carboxylic acids is 2. The maximum atomic E-state index is 11.3. The average molecular weight is 264 g/mol. The monoisotopic (exact) mass is 264 g/mol. The highest BCUT2D eigenvalue weighted by atomic mass is 28.4. The van der Waals surface area contributed by atoms with Gasteiger partial charge in [0, 0.05) is 14.2 Å². The summed E-state index contributed by atoms with van der Waals surface area (Å²) in [6, 6.07) is 0. The van der Waals surface area contributed by atoms with Crippen LogP contribution < -0.4 is 0 Å². The number of rotatable bonds is 8. The third-order valence-corrected chi connectivity index (χ3v) is 6.36. The topological polar surface area (TPSA) is 93.1 Å². The number of hydrogen-bond donors (Lipinski definition) is 2. The maximum Gasteiger partial charge on any atom is 0.349 e. The van der Waals surface area contributed by atoms with Gasteiger partial charge < -0.3 is 19.1 Å². The molecule has 0 aromatic rings. The lowest BCUT2D eigenvalue weighted by Crippen LogP contribution is -2.49. The van der Waals surface area contributed by atoms with E-state index in [1.807, 2.05) is 6.92 Å². The zero-order valence-electron chi connectivity index (χ0n) is 10.6. The van der Waals surface area contributed by atoms with Gasteiger partial charge in [-0.1, -0.05) is 13.3 Å². The van der Waals surface area contributed by atoms with Crippen LogP contribution in [0.4, 0.5) is 0 Å². The number of carbonyl (C=O) groups is 2. The Kier molecular flexibility index (Phi) is 6.36. The second-order valence-electron chi connectivity index (χ2n) is 3.97. The summed E-state index contributed by atoms with van der Waals surface area (Å²) >= 11 is 0. The van der Waals surface area contributed by atoms with Gasteiger partial charge in [-0.05, 0) is 13.0 Å². The van der Waals surface area contributed by atoms with Crippen molar-refractivity contribution in [1.29, 1.82) is 0 Å². The minimum Gasteiger partial charge on any atom is -0.481 e. The summed E-state index contributed by atoms with van der Waals surface area (Å²) in [5, 5.41) is 18.4. The summed E-state index contributed by atoms with van der Waals surface area (Å²) in [5.41, 5.74) is -1.12. The first-order valence-electron chi connectivity index (χ1n) is 5.39. The predicted octanol–water partition coefficient (Wildman–Crippen LogP) is 1.31. The van der Waals surface area contributed by atoms with E-state index < -0.39 is 32.0 Å². The highest BCUT2D eigenvalue weighted by Crippen LogP contribution is 2.34. The summed E-state index contributed by atoms with van der Waals surface area (Å²) in [4.78, 5) is 22.5. The summed E-state index contributed by atoms with van der Waals surface area (Å²) in [7, 11) is -0.318. The van der Waals surface area contributed by atoms with E-state index >= 15 is 0 Å². The SMILES string of the molecule is CCCC(C(=O)O)C(C(=O)O)[Si](C)(OC)OC. The van der Waals surface area contributed by atoms with Gasteiger partial charge in [-0.2, -0.15) is 0 Å². The zero-order valence-corrected chi connectivity index (χ0v) is 11.6. The first-order valence-corrected chi connectivity index (χ1v) is 7.79. The minimum atomic E-state index is -3.03. The van der Waals surface area contributed by atoms with Crippen LogP contribution in [0.2, 0.25) is 12.1 Å². The van der Waals surface area contributed by atoms with Gasteiger partial charge in [0.15, 0.2) is 0 Å². The summed E-state index contributed by atoms with van der Waals surface area (Å²) in [5.74, 6) is -3.27. The molecule has 0 heterocycles. The molecule has 6 nitrogen and oxygen atoms in total. The smallest absolute Gasteiger partial charge is 0.349 e. The van der Waals surface area contributed by atoms with E-state index in [1.165, 1.54) is 14.2 Å². The van der Waals surface area contributed by atoms with Gasteiger partial charge in [0.1, 0.15) is 5.54 Å². The van der Waals surface area contributed by atoms with E-state index in [1.54, 1.807) is 6.55 Å². The lowest BCUT2D eigenvalue weighted by molar-refractivity contribution is -0.149. The van der Waals surface area contributed by atoms with E-state index in [0.29, 0.717) is 12.8 Å². The first kappa shape index (κ1) is 16.1. The van der Waals surface area contributed by atoms with Gasteiger partial charge in [-0.25, -0.2) is 0 Å². The molecular formula is C10H20O6Si. The van der Waals surface area contributed by atoms with Gasteiger partial charge in [0.05, 0.1) is 5.92 Å². The van der Waals surface area contributed by atoms with Crippen molar-refractivity contribution in [3.8, 4) is 0 Å². The lowest BCUT2D eigenvalue weighted by Gasteiger charge is -2.32. The molecular weight excluding hydrogens is 244 g/mol. The van der Waals surface area contributed by atoms with Crippen molar-refractivity contribution >= 4 is 20.5 Å². The second-order valence-corrected chi connectivity index (χ2v) is 7.44. The molecule has 2 N–H and O–H groups in total. The summed E-state index contributed by atoms with van der Waals surface area (Å²) in [6.45, 7) is 3.38. The van der Waals surface area contributed by atoms with Crippen molar-refractivity contribution in [3.63, 3.8) is 0 Å². The van der Waals surface area contributed by atoms with Crippen LogP contribution in [0.3, 0.4) is 0 Å². The fraction of sp³-hybridized carbons (Fsp3) is 0.800. The molecule has 7 heteroatoms. The van der Waals surface area contributed by atoms with E-state index in [-0.39, 0.29) is 0 Å². The van der Waals surface area contributed by atoms with Crippen molar-refractivity contribution in [1.82, 2.24) is 0 Å². The summed E-state index contributed by atoms with van der Waals surface area (Å²) in [6.07, 6.45) is 0.889. The van der Waals surface area contributed by atoms with Crippen LogP contribution in [0.5, 0.6) is 0 Å². The molecule has 0 aliphatic rings. The molecule has 17 heavy (non-hydrogen) atoms. The largest absolute Gasteiger partial charge is 0.481 e. The van der Waals surface area contributed by atoms with Crippen LogP contribution in [-0.4, -0.2) is 44.9 Å². The van der Waals surface area contributed by atoms with Crippen LogP contribution >= 0.6 is 0 Å². The highest BCUT2D eigenvalue weighted by molar-refractivity contribution is 6.71. The Hall–Kier alpha value is -0.923. The van der Waals surface area contributed by atoms with Crippen molar-refractivity contribution in [3.05, 3.63) is 0 Å². The van der Waals surface area contributed by atoms with Gasteiger partial charge in [-0.3, -0.25) is 9.59 Å². The normalized spacial score (nSPS) is 15.3. The molecule has 0 bridgehead atoms.